The molecule has 1 aromatic carbocycles. The molecule has 116 valence electrons. The van der Waals surface area contributed by atoms with Gasteiger partial charge in [-0.3, -0.25) is 10.1 Å². The van der Waals surface area contributed by atoms with E-state index in [4.69, 9.17) is 11.6 Å². The van der Waals surface area contributed by atoms with E-state index in [2.05, 4.69) is 10.6 Å². The van der Waals surface area contributed by atoms with Crippen molar-refractivity contribution < 1.29 is 9.59 Å². The molecule has 0 bridgehead atoms. The fourth-order valence-electron chi connectivity index (χ4n) is 1.46. The van der Waals surface area contributed by atoms with E-state index in [9.17, 15) is 9.59 Å². The largest absolute Gasteiger partial charge is 0.333 e. The van der Waals surface area contributed by atoms with Crippen LogP contribution >= 0.6 is 23.4 Å². The van der Waals surface area contributed by atoms with Crippen molar-refractivity contribution in [2.45, 2.75) is 44.2 Å². The van der Waals surface area contributed by atoms with E-state index in [1.54, 1.807) is 6.92 Å². The first-order valence-corrected chi connectivity index (χ1v) is 8.09. The zero-order valence-electron chi connectivity index (χ0n) is 12.7. The van der Waals surface area contributed by atoms with Gasteiger partial charge < -0.3 is 5.32 Å². The molecule has 1 aromatic rings. The molecule has 3 amide bonds. The summed E-state index contributed by atoms with van der Waals surface area (Å²) in [5.41, 5.74) is 0.715. The normalized spacial score (nSPS) is 12.6. The van der Waals surface area contributed by atoms with E-state index in [0.29, 0.717) is 10.8 Å². The molecule has 0 unspecified atom stereocenters. The number of benzene rings is 1. The van der Waals surface area contributed by atoms with Gasteiger partial charge in [0.15, 0.2) is 0 Å². The van der Waals surface area contributed by atoms with Crippen molar-refractivity contribution in [1.29, 1.82) is 0 Å². The zero-order chi connectivity index (χ0) is 16.0. The summed E-state index contributed by atoms with van der Waals surface area (Å²) in [5, 5.41) is 5.42. The SMILES string of the molecule is C[C@@H](SCc1ccc(Cl)cc1)C(=O)NC(=O)NC(C)(C)C. The third-order valence-electron chi connectivity index (χ3n) is 2.51. The number of rotatable bonds is 4. The molecule has 21 heavy (non-hydrogen) atoms. The van der Waals surface area contributed by atoms with Crippen LogP contribution in [0.5, 0.6) is 0 Å². The second-order valence-electron chi connectivity index (χ2n) is 5.77. The van der Waals surface area contributed by atoms with Crippen LogP contribution in [0, 0.1) is 0 Å². The van der Waals surface area contributed by atoms with E-state index < -0.39 is 6.03 Å². The molecule has 0 aliphatic carbocycles. The number of thioether (sulfide) groups is 1. The van der Waals surface area contributed by atoms with Crippen LogP contribution in [0.4, 0.5) is 4.79 Å². The lowest BCUT2D eigenvalue weighted by Crippen LogP contribution is -2.49. The van der Waals surface area contributed by atoms with Crippen molar-refractivity contribution in [2.75, 3.05) is 0 Å². The van der Waals surface area contributed by atoms with Gasteiger partial charge in [0.05, 0.1) is 5.25 Å². The molecule has 6 heteroatoms. The molecule has 2 N–H and O–H groups in total. The molecular weight excluding hydrogens is 308 g/mol. The number of carbonyl (C=O) groups is 2. The lowest BCUT2D eigenvalue weighted by molar-refractivity contribution is -0.119. The minimum Gasteiger partial charge on any atom is -0.333 e. The highest BCUT2D eigenvalue weighted by molar-refractivity contribution is 7.99. The van der Waals surface area contributed by atoms with Gasteiger partial charge in [-0.1, -0.05) is 23.7 Å². The van der Waals surface area contributed by atoms with E-state index in [1.807, 2.05) is 45.0 Å². The van der Waals surface area contributed by atoms with Crippen LogP contribution < -0.4 is 10.6 Å². The van der Waals surface area contributed by atoms with Crippen molar-refractivity contribution in [3.05, 3.63) is 34.9 Å². The monoisotopic (exact) mass is 328 g/mol. The van der Waals surface area contributed by atoms with Crippen molar-refractivity contribution in [1.82, 2.24) is 10.6 Å². The van der Waals surface area contributed by atoms with Gasteiger partial charge in [0, 0.05) is 16.3 Å². The number of hydrogen-bond donors (Lipinski definition) is 2. The fraction of sp³-hybridized carbons (Fsp3) is 0.467. The Labute approximate surface area is 135 Å². The average molecular weight is 329 g/mol. The summed E-state index contributed by atoms with van der Waals surface area (Å²) in [4.78, 5) is 23.5. The second-order valence-corrected chi connectivity index (χ2v) is 7.54. The molecule has 0 fully saturated rings. The van der Waals surface area contributed by atoms with Gasteiger partial charge in [0.2, 0.25) is 5.91 Å². The van der Waals surface area contributed by atoms with Crippen LogP contribution in [0.25, 0.3) is 0 Å². The zero-order valence-corrected chi connectivity index (χ0v) is 14.3. The molecule has 0 heterocycles. The Morgan fingerprint density at radius 2 is 1.81 bits per heavy atom. The van der Waals surface area contributed by atoms with Gasteiger partial charge in [-0.2, -0.15) is 0 Å². The standard InChI is InChI=1S/C15H21ClN2O2S/c1-10(13(19)17-14(20)18-15(2,3)4)21-9-11-5-7-12(16)8-6-11/h5-8,10H,9H2,1-4H3,(H2,17,18,19,20)/t10-/m1/s1. The first-order valence-electron chi connectivity index (χ1n) is 6.66. The van der Waals surface area contributed by atoms with E-state index in [-0.39, 0.29) is 16.7 Å². The summed E-state index contributed by atoms with van der Waals surface area (Å²) in [5.74, 6) is 0.392. The Kier molecular flexibility index (Phi) is 6.55. The van der Waals surface area contributed by atoms with Crippen molar-refractivity contribution in [3.63, 3.8) is 0 Å². The number of hydrogen-bond acceptors (Lipinski definition) is 3. The third-order valence-corrected chi connectivity index (χ3v) is 3.97. The summed E-state index contributed by atoms with van der Waals surface area (Å²) in [6.07, 6.45) is 0. The Morgan fingerprint density at radius 3 is 2.33 bits per heavy atom. The van der Waals surface area contributed by atoms with Crippen LogP contribution in [0.2, 0.25) is 5.02 Å². The highest BCUT2D eigenvalue weighted by Crippen LogP contribution is 2.19. The van der Waals surface area contributed by atoms with Gasteiger partial charge in [-0.05, 0) is 45.4 Å². The molecule has 1 atom stereocenters. The highest BCUT2D eigenvalue weighted by atomic mass is 35.5. The summed E-state index contributed by atoms with van der Waals surface area (Å²) in [7, 11) is 0. The molecule has 0 radical (unpaired) electrons. The number of imide groups is 1. The number of urea groups is 1. The topological polar surface area (TPSA) is 58.2 Å². The number of halogens is 1. The molecule has 0 aliphatic rings. The summed E-state index contributed by atoms with van der Waals surface area (Å²) in [6.45, 7) is 7.35. The third kappa shape index (κ3) is 7.39. The van der Waals surface area contributed by atoms with Gasteiger partial charge in [0.1, 0.15) is 0 Å². The molecule has 1 rings (SSSR count). The number of nitrogens with one attached hydrogen (secondary N) is 2. The maximum Gasteiger partial charge on any atom is 0.321 e. The van der Waals surface area contributed by atoms with Crippen molar-refractivity contribution in [3.8, 4) is 0 Å². The first-order chi connectivity index (χ1) is 9.67. The second kappa shape index (κ2) is 7.71. The van der Waals surface area contributed by atoms with E-state index in [1.165, 1.54) is 11.8 Å². The van der Waals surface area contributed by atoms with Gasteiger partial charge >= 0.3 is 6.03 Å². The predicted molar refractivity (Wildman–Crippen MR) is 88.6 cm³/mol. The Balaban J connectivity index is 2.40. The van der Waals surface area contributed by atoms with Crippen LogP contribution in [0.3, 0.4) is 0 Å². The van der Waals surface area contributed by atoms with Crippen molar-refractivity contribution >= 4 is 35.3 Å². The van der Waals surface area contributed by atoms with Gasteiger partial charge in [0.25, 0.3) is 0 Å². The first kappa shape index (κ1) is 17.9. The smallest absolute Gasteiger partial charge is 0.321 e. The lowest BCUT2D eigenvalue weighted by atomic mass is 10.1. The molecule has 0 saturated carbocycles. The summed E-state index contributed by atoms with van der Waals surface area (Å²) in [6, 6.07) is 7.02. The van der Waals surface area contributed by atoms with Crippen LogP contribution in [-0.2, 0) is 10.5 Å². The van der Waals surface area contributed by atoms with Crippen LogP contribution in [-0.4, -0.2) is 22.7 Å². The summed E-state index contributed by atoms with van der Waals surface area (Å²) < 4.78 is 0. The van der Waals surface area contributed by atoms with Gasteiger partial charge in [-0.15, -0.1) is 11.8 Å². The fourth-order valence-corrected chi connectivity index (χ4v) is 2.43. The minimum absolute atomic E-state index is 0.296. The maximum absolute atomic E-state index is 11.9. The van der Waals surface area contributed by atoms with Crippen molar-refractivity contribution in [2.24, 2.45) is 0 Å². The van der Waals surface area contributed by atoms with Crippen LogP contribution in [0.1, 0.15) is 33.3 Å². The molecule has 0 aromatic heterocycles. The summed E-state index contributed by atoms with van der Waals surface area (Å²) >= 11 is 7.29. The van der Waals surface area contributed by atoms with Gasteiger partial charge in [-0.25, -0.2) is 4.79 Å². The molecular formula is C15H21ClN2O2S. The Hall–Kier alpha value is -1.20. The molecule has 0 aliphatic heterocycles. The predicted octanol–water partition coefficient (Wildman–Crippen LogP) is 3.59. The lowest BCUT2D eigenvalue weighted by Gasteiger charge is -2.21. The Morgan fingerprint density at radius 1 is 1.24 bits per heavy atom. The Bertz CT molecular complexity index is 497. The number of carbonyl (C=O) groups excluding carboxylic acids is 2. The number of amides is 3. The minimum atomic E-state index is -0.466. The molecule has 0 spiro atoms. The average Bonchev–Trinajstić information content (AvgIpc) is 2.35. The van der Waals surface area contributed by atoms with E-state index in [0.717, 1.165) is 5.56 Å². The molecule has 4 nitrogen and oxygen atoms in total. The van der Waals surface area contributed by atoms with E-state index >= 15 is 0 Å². The van der Waals surface area contributed by atoms with Crippen LogP contribution in [0.15, 0.2) is 24.3 Å². The quantitative estimate of drug-likeness (QED) is 0.888. The molecule has 0 saturated heterocycles. The maximum atomic E-state index is 11.9. The highest BCUT2D eigenvalue weighted by Gasteiger charge is 2.19.